The first-order chi connectivity index (χ1) is 8.38. The van der Waals surface area contributed by atoms with Crippen molar-refractivity contribution in [2.24, 2.45) is 0 Å². The summed E-state index contributed by atoms with van der Waals surface area (Å²) in [6.45, 7) is 3.71. The quantitative estimate of drug-likeness (QED) is 0.670. The fourth-order valence-corrected chi connectivity index (χ4v) is 1.66. The van der Waals surface area contributed by atoms with Crippen LogP contribution in [-0.4, -0.2) is 23.6 Å². The van der Waals surface area contributed by atoms with Crippen molar-refractivity contribution in [3.05, 3.63) is 18.1 Å². The van der Waals surface area contributed by atoms with Crippen LogP contribution in [0.25, 0.3) is 0 Å². The van der Waals surface area contributed by atoms with Gasteiger partial charge in [-0.15, -0.1) is 0 Å². The molecular formula is C13H23N3O. The molecular weight excluding hydrogens is 214 g/mol. The van der Waals surface area contributed by atoms with E-state index in [4.69, 9.17) is 4.74 Å². The summed E-state index contributed by atoms with van der Waals surface area (Å²) in [4.78, 5) is 8.16. The minimum absolute atomic E-state index is 0.713. The van der Waals surface area contributed by atoms with Gasteiger partial charge < -0.3 is 10.1 Å². The maximum absolute atomic E-state index is 5.68. The van der Waals surface area contributed by atoms with Gasteiger partial charge in [0.05, 0.1) is 6.61 Å². The second-order valence-corrected chi connectivity index (χ2v) is 4.15. The van der Waals surface area contributed by atoms with Crippen molar-refractivity contribution in [3.8, 4) is 5.88 Å². The molecule has 0 aliphatic carbocycles. The Morgan fingerprint density at radius 3 is 2.82 bits per heavy atom. The van der Waals surface area contributed by atoms with Crippen molar-refractivity contribution in [2.75, 3.05) is 13.7 Å². The van der Waals surface area contributed by atoms with Crippen LogP contribution in [0.5, 0.6) is 5.88 Å². The highest BCUT2D eigenvalue weighted by Crippen LogP contribution is 2.13. The molecule has 96 valence electrons. The van der Waals surface area contributed by atoms with E-state index < -0.39 is 0 Å². The molecule has 4 nitrogen and oxygen atoms in total. The smallest absolute Gasteiger partial charge is 0.220 e. The van der Waals surface area contributed by atoms with Crippen LogP contribution in [0.15, 0.2) is 12.5 Å². The van der Waals surface area contributed by atoms with E-state index in [2.05, 4.69) is 22.2 Å². The van der Waals surface area contributed by atoms with Gasteiger partial charge in [-0.25, -0.2) is 9.97 Å². The Morgan fingerprint density at radius 2 is 2.06 bits per heavy atom. The molecule has 0 amide bonds. The van der Waals surface area contributed by atoms with Gasteiger partial charge in [-0.3, -0.25) is 0 Å². The van der Waals surface area contributed by atoms with Crippen molar-refractivity contribution >= 4 is 0 Å². The maximum atomic E-state index is 5.68. The average Bonchev–Trinajstić information content (AvgIpc) is 2.36. The lowest BCUT2D eigenvalue weighted by atomic mass is 10.2. The molecule has 17 heavy (non-hydrogen) atoms. The van der Waals surface area contributed by atoms with E-state index in [0.717, 1.165) is 25.1 Å². The third kappa shape index (κ3) is 5.63. The predicted molar refractivity (Wildman–Crippen MR) is 69.0 cm³/mol. The third-order valence-electron chi connectivity index (χ3n) is 2.60. The van der Waals surface area contributed by atoms with Gasteiger partial charge >= 0.3 is 0 Å². The summed E-state index contributed by atoms with van der Waals surface area (Å²) in [7, 11) is 1.90. The average molecular weight is 237 g/mol. The lowest BCUT2D eigenvalue weighted by molar-refractivity contribution is 0.289. The summed E-state index contributed by atoms with van der Waals surface area (Å²) in [6, 6.07) is 0. The van der Waals surface area contributed by atoms with E-state index in [1.807, 2.05) is 7.05 Å². The third-order valence-corrected chi connectivity index (χ3v) is 2.60. The van der Waals surface area contributed by atoms with Gasteiger partial charge in [0.15, 0.2) is 0 Å². The van der Waals surface area contributed by atoms with Crippen LogP contribution in [0.1, 0.15) is 44.6 Å². The van der Waals surface area contributed by atoms with Gasteiger partial charge in [-0.1, -0.05) is 32.6 Å². The van der Waals surface area contributed by atoms with Crippen LogP contribution in [0.3, 0.4) is 0 Å². The van der Waals surface area contributed by atoms with Gasteiger partial charge in [0, 0.05) is 18.3 Å². The van der Waals surface area contributed by atoms with Gasteiger partial charge in [0.25, 0.3) is 0 Å². The van der Waals surface area contributed by atoms with Crippen molar-refractivity contribution < 1.29 is 4.74 Å². The first-order valence-electron chi connectivity index (χ1n) is 6.44. The summed E-state index contributed by atoms with van der Waals surface area (Å²) in [5, 5.41) is 3.08. The van der Waals surface area contributed by atoms with Crippen molar-refractivity contribution in [2.45, 2.75) is 45.6 Å². The standard InChI is InChI=1S/C13H23N3O/c1-3-4-5-6-7-8-17-13-12(9-14-2)10-15-11-16-13/h10-11,14H,3-9H2,1-2H3. The molecule has 0 unspecified atom stereocenters. The Kier molecular flexibility index (Phi) is 7.30. The Bertz CT molecular complexity index is 304. The van der Waals surface area contributed by atoms with E-state index in [9.17, 15) is 0 Å². The normalized spacial score (nSPS) is 10.5. The van der Waals surface area contributed by atoms with Crippen molar-refractivity contribution in [1.82, 2.24) is 15.3 Å². The zero-order valence-electron chi connectivity index (χ0n) is 10.9. The van der Waals surface area contributed by atoms with Crippen LogP contribution in [0, 0.1) is 0 Å². The Hall–Kier alpha value is -1.16. The Balaban J connectivity index is 2.25. The number of unbranched alkanes of at least 4 members (excludes halogenated alkanes) is 4. The van der Waals surface area contributed by atoms with E-state index in [0.29, 0.717) is 5.88 Å². The topological polar surface area (TPSA) is 47.0 Å². The highest BCUT2D eigenvalue weighted by molar-refractivity contribution is 5.21. The zero-order valence-corrected chi connectivity index (χ0v) is 10.9. The lowest BCUT2D eigenvalue weighted by Crippen LogP contribution is -2.09. The zero-order chi connectivity index (χ0) is 12.3. The van der Waals surface area contributed by atoms with Gasteiger partial charge in [0.1, 0.15) is 6.33 Å². The first-order valence-corrected chi connectivity index (χ1v) is 6.44. The summed E-state index contributed by atoms with van der Waals surface area (Å²) >= 11 is 0. The monoisotopic (exact) mass is 237 g/mol. The first kappa shape index (κ1) is 13.9. The number of rotatable bonds is 9. The molecule has 0 fully saturated rings. The fourth-order valence-electron chi connectivity index (χ4n) is 1.66. The number of hydrogen-bond donors (Lipinski definition) is 1. The molecule has 1 N–H and O–H groups in total. The number of nitrogens with one attached hydrogen (secondary N) is 1. The van der Waals surface area contributed by atoms with Gasteiger partial charge in [-0.05, 0) is 13.5 Å². The van der Waals surface area contributed by atoms with Crippen LogP contribution < -0.4 is 10.1 Å². The minimum Gasteiger partial charge on any atom is -0.477 e. The fraction of sp³-hybridized carbons (Fsp3) is 0.692. The highest BCUT2D eigenvalue weighted by Gasteiger charge is 2.03. The summed E-state index contributed by atoms with van der Waals surface area (Å²) < 4.78 is 5.68. The molecule has 1 aromatic heterocycles. The molecule has 1 aromatic rings. The minimum atomic E-state index is 0.713. The summed E-state index contributed by atoms with van der Waals surface area (Å²) in [5.74, 6) is 0.713. The molecule has 0 saturated carbocycles. The second kappa shape index (κ2) is 8.93. The molecule has 4 heteroatoms. The van der Waals surface area contributed by atoms with E-state index in [1.165, 1.54) is 32.0 Å². The maximum Gasteiger partial charge on any atom is 0.220 e. The van der Waals surface area contributed by atoms with E-state index >= 15 is 0 Å². The van der Waals surface area contributed by atoms with Crippen LogP contribution in [0.2, 0.25) is 0 Å². The van der Waals surface area contributed by atoms with Crippen LogP contribution in [0.4, 0.5) is 0 Å². The Morgan fingerprint density at radius 1 is 1.24 bits per heavy atom. The van der Waals surface area contributed by atoms with Crippen molar-refractivity contribution in [1.29, 1.82) is 0 Å². The molecule has 0 bridgehead atoms. The second-order valence-electron chi connectivity index (χ2n) is 4.15. The molecule has 0 aromatic carbocycles. The number of nitrogens with zero attached hydrogens (tertiary/aromatic N) is 2. The molecule has 0 radical (unpaired) electrons. The van der Waals surface area contributed by atoms with E-state index in [-0.39, 0.29) is 0 Å². The van der Waals surface area contributed by atoms with Crippen molar-refractivity contribution in [3.63, 3.8) is 0 Å². The predicted octanol–water partition coefficient (Wildman–Crippen LogP) is 2.55. The molecule has 0 saturated heterocycles. The molecule has 0 spiro atoms. The highest BCUT2D eigenvalue weighted by atomic mass is 16.5. The van der Waals surface area contributed by atoms with E-state index in [1.54, 1.807) is 6.20 Å². The largest absolute Gasteiger partial charge is 0.477 e. The number of aromatic nitrogens is 2. The Labute approximate surface area is 104 Å². The lowest BCUT2D eigenvalue weighted by Gasteiger charge is -2.09. The van der Waals surface area contributed by atoms with Gasteiger partial charge in [0.2, 0.25) is 5.88 Å². The molecule has 0 aliphatic rings. The summed E-state index contributed by atoms with van der Waals surface area (Å²) in [6.07, 6.45) is 9.56. The number of ether oxygens (including phenoxy) is 1. The molecule has 1 rings (SSSR count). The molecule has 1 heterocycles. The van der Waals surface area contributed by atoms with Gasteiger partial charge in [-0.2, -0.15) is 0 Å². The van der Waals surface area contributed by atoms with Crippen LogP contribution in [-0.2, 0) is 6.54 Å². The summed E-state index contributed by atoms with van der Waals surface area (Å²) in [5.41, 5.74) is 1.02. The SMILES string of the molecule is CCCCCCCOc1ncncc1CNC. The molecule has 0 atom stereocenters. The molecule has 0 aliphatic heterocycles. The number of hydrogen-bond acceptors (Lipinski definition) is 4. The van der Waals surface area contributed by atoms with Crippen LogP contribution >= 0.6 is 0 Å².